The van der Waals surface area contributed by atoms with Gasteiger partial charge in [-0.05, 0) is 12.5 Å². The minimum Gasteiger partial charge on any atom is -0.327 e. The summed E-state index contributed by atoms with van der Waals surface area (Å²) in [7, 11) is -3.31. The summed E-state index contributed by atoms with van der Waals surface area (Å²) in [5, 5.41) is 5.22. The van der Waals surface area contributed by atoms with Gasteiger partial charge in [-0.2, -0.15) is 13.9 Å². The largest absolute Gasteiger partial charge is 0.327 e. The topological polar surface area (TPSA) is 89.1 Å². The number of benzene rings is 1. The second kappa shape index (κ2) is 7.70. The van der Waals surface area contributed by atoms with E-state index in [1.807, 2.05) is 30.3 Å². The fraction of sp³-hybridized carbons (Fsp3) is 0.389. The van der Waals surface area contributed by atoms with Crippen molar-refractivity contribution >= 4 is 26.3 Å². The summed E-state index contributed by atoms with van der Waals surface area (Å²) in [5.74, 6) is 0.0367. The summed E-state index contributed by atoms with van der Waals surface area (Å²) in [4.78, 5) is 18.2. The Kier molecular flexibility index (Phi) is 5.28. The molecular weight excluding hydrogens is 398 g/mol. The van der Waals surface area contributed by atoms with Gasteiger partial charge in [0.1, 0.15) is 6.54 Å². The zero-order valence-electron chi connectivity index (χ0n) is 15.5. The number of hydrogen-bond acceptors (Lipinski definition) is 6. The number of quaternary nitrogens is 1. The first-order valence-electron chi connectivity index (χ1n) is 9.12. The van der Waals surface area contributed by atoms with Gasteiger partial charge in [0.2, 0.25) is 15.0 Å². The Hall–Kier alpha value is -2.14. The summed E-state index contributed by atoms with van der Waals surface area (Å²) in [5.41, 5.74) is 1.32. The molecule has 1 N–H and O–H groups in total. The predicted molar refractivity (Wildman–Crippen MR) is 107 cm³/mol. The number of nitrogens with one attached hydrogen (secondary N) is 1. The molecule has 0 unspecified atom stereocenters. The molecule has 1 fully saturated rings. The van der Waals surface area contributed by atoms with E-state index in [0.29, 0.717) is 43.4 Å². The van der Waals surface area contributed by atoms with Gasteiger partial charge in [0.25, 0.3) is 5.56 Å². The first-order valence-corrected chi connectivity index (χ1v) is 11.5. The average molecular weight is 421 g/mol. The van der Waals surface area contributed by atoms with Gasteiger partial charge in [-0.25, -0.2) is 13.4 Å². The smallest absolute Gasteiger partial charge is 0.275 e. The lowest BCUT2D eigenvalue weighted by molar-refractivity contribution is -0.917. The quantitative estimate of drug-likeness (QED) is 0.612. The Bertz CT molecular complexity index is 1130. The Morgan fingerprint density at radius 3 is 2.61 bits per heavy atom. The van der Waals surface area contributed by atoms with Crippen molar-refractivity contribution in [2.24, 2.45) is 0 Å². The first kappa shape index (κ1) is 19.2. The van der Waals surface area contributed by atoms with E-state index < -0.39 is 10.0 Å². The third kappa shape index (κ3) is 4.14. The SMILES string of the molecule is Cc1cc(=O)n2nc(C[NH+]3CCN(S(=O)(=O)Cc4ccccc4)CC3)sc2n1. The van der Waals surface area contributed by atoms with Gasteiger partial charge in [0.05, 0.1) is 31.9 Å². The Morgan fingerprint density at radius 2 is 1.89 bits per heavy atom. The van der Waals surface area contributed by atoms with Crippen molar-refractivity contribution in [2.75, 3.05) is 26.2 Å². The molecule has 0 aliphatic carbocycles. The standard InChI is InChI=1S/C18H21N5O3S2/c1-14-11-17(24)23-18(19-14)27-16(20-23)12-21-7-9-22(10-8-21)28(25,26)13-15-5-3-2-4-6-15/h2-6,11H,7-10,12-13H2,1H3/p+1. The van der Waals surface area contributed by atoms with E-state index in [1.165, 1.54) is 26.8 Å². The number of rotatable bonds is 5. The van der Waals surface area contributed by atoms with Crippen LogP contribution in [-0.2, 0) is 22.3 Å². The molecular formula is C18H22N5O3S2+. The highest BCUT2D eigenvalue weighted by atomic mass is 32.2. The van der Waals surface area contributed by atoms with Crippen molar-refractivity contribution in [1.29, 1.82) is 0 Å². The van der Waals surface area contributed by atoms with Crippen molar-refractivity contribution in [3.8, 4) is 0 Å². The number of piperazine rings is 1. The van der Waals surface area contributed by atoms with Crippen LogP contribution in [0, 0.1) is 6.92 Å². The fourth-order valence-corrected chi connectivity index (χ4v) is 5.93. The fourth-order valence-electron chi connectivity index (χ4n) is 3.38. The highest BCUT2D eigenvalue weighted by Gasteiger charge is 2.29. The molecule has 3 aromatic rings. The monoisotopic (exact) mass is 420 g/mol. The van der Waals surface area contributed by atoms with Gasteiger partial charge in [0, 0.05) is 11.8 Å². The molecule has 148 valence electrons. The average Bonchev–Trinajstić information content (AvgIpc) is 3.05. The maximum absolute atomic E-state index is 12.7. The van der Waals surface area contributed by atoms with Crippen molar-refractivity contribution in [3.05, 3.63) is 63.0 Å². The second-order valence-corrected chi connectivity index (χ2v) is 10.0. The minimum atomic E-state index is -3.31. The molecule has 0 radical (unpaired) electrons. The maximum atomic E-state index is 12.7. The molecule has 0 saturated carbocycles. The van der Waals surface area contributed by atoms with Gasteiger partial charge < -0.3 is 4.90 Å². The van der Waals surface area contributed by atoms with E-state index in [9.17, 15) is 13.2 Å². The van der Waals surface area contributed by atoms with E-state index in [-0.39, 0.29) is 11.3 Å². The van der Waals surface area contributed by atoms with Crippen LogP contribution >= 0.6 is 11.3 Å². The molecule has 1 aromatic carbocycles. The molecule has 4 rings (SSSR count). The summed E-state index contributed by atoms with van der Waals surface area (Å²) in [6, 6.07) is 10.7. The Balaban J connectivity index is 1.39. The summed E-state index contributed by atoms with van der Waals surface area (Å²) in [6.07, 6.45) is 0. The van der Waals surface area contributed by atoms with Crippen LogP contribution in [0.25, 0.3) is 4.96 Å². The molecule has 0 bridgehead atoms. The molecule has 0 spiro atoms. The Labute approximate surface area is 167 Å². The zero-order chi connectivity index (χ0) is 19.7. The third-order valence-electron chi connectivity index (χ3n) is 4.83. The lowest BCUT2D eigenvalue weighted by atomic mass is 10.2. The van der Waals surface area contributed by atoms with Gasteiger partial charge >= 0.3 is 0 Å². The van der Waals surface area contributed by atoms with Crippen LogP contribution in [0.2, 0.25) is 0 Å². The molecule has 2 aromatic heterocycles. The van der Waals surface area contributed by atoms with E-state index >= 15 is 0 Å². The Morgan fingerprint density at radius 1 is 1.18 bits per heavy atom. The molecule has 1 aliphatic heterocycles. The van der Waals surface area contributed by atoms with Crippen LogP contribution in [0.15, 0.2) is 41.2 Å². The molecule has 28 heavy (non-hydrogen) atoms. The van der Waals surface area contributed by atoms with Crippen LogP contribution in [-0.4, -0.2) is 53.5 Å². The number of nitrogens with zero attached hydrogens (tertiary/aromatic N) is 4. The third-order valence-corrected chi connectivity index (χ3v) is 7.59. The van der Waals surface area contributed by atoms with Crippen molar-refractivity contribution in [3.63, 3.8) is 0 Å². The normalized spacial score (nSPS) is 16.6. The van der Waals surface area contributed by atoms with Crippen molar-refractivity contribution < 1.29 is 13.3 Å². The van der Waals surface area contributed by atoms with Gasteiger partial charge in [-0.1, -0.05) is 41.7 Å². The minimum absolute atomic E-state index is 0.0367. The molecule has 0 atom stereocenters. The van der Waals surface area contributed by atoms with Crippen molar-refractivity contribution in [1.82, 2.24) is 18.9 Å². The predicted octanol–water partition coefficient (Wildman–Crippen LogP) is -0.310. The number of fused-ring (bicyclic) bond motifs is 1. The molecule has 1 aliphatic rings. The van der Waals surface area contributed by atoms with E-state index in [0.717, 1.165) is 10.6 Å². The van der Waals surface area contributed by atoms with Crippen LogP contribution in [0.1, 0.15) is 16.3 Å². The van der Waals surface area contributed by atoms with E-state index in [2.05, 4.69) is 10.1 Å². The lowest BCUT2D eigenvalue weighted by Crippen LogP contribution is -3.13. The summed E-state index contributed by atoms with van der Waals surface area (Å²) < 4.78 is 28.3. The molecule has 1 saturated heterocycles. The first-order chi connectivity index (χ1) is 13.4. The summed E-state index contributed by atoms with van der Waals surface area (Å²) >= 11 is 1.42. The molecule has 3 heterocycles. The van der Waals surface area contributed by atoms with Crippen LogP contribution in [0.3, 0.4) is 0 Å². The molecule has 10 heteroatoms. The van der Waals surface area contributed by atoms with Crippen LogP contribution < -0.4 is 10.5 Å². The van der Waals surface area contributed by atoms with Crippen LogP contribution in [0.5, 0.6) is 0 Å². The summed E-state index contributed by atoms with van der Waals surface area (Å²) in [6.45, 7) is 4.87. The zero-order valence-corrected chi connectivity index (χ0v) is 17.2. The maximum Gasteiger partial charge on any atom is 0.275 e. The molecule has 0 amide bonds. The number of aryl methyl sites for hydroxylation is 1. The molecule has 8 nitrogen and oxygen atoms in total. The van der Waals surface area contributed by atoms with Gasteiger partial charge in [-0.15, -0.1) is 0 Å². The van der Waals surface area contributed by atoms with Crippen molar-refractivity contribution in [2.45, 2.75) is 19.2 Å². The van der Waals surface area contributed by atoms with Crippen LogP contribution in [0.4, 0.5) is 0 Å². The number of aromatic nitrogens is 3. The lowest BCUT2D eigenvalue weighted by Gasteiger charge is -2.31. The van der Waals surface area contributed by atoms with E-state index in [1.54, 1.807) is 11.2 Å². The van der Waals surface area contributed by atoms with Gasteiger partial charge in [0.15, 0.2) is 5.01 Å². The van der Waals surface area contributed by atoms with Gasteiger partial charge in [-0.3, -0.25) is 4.79 Å². The highest BCUT2D eigenvalue weighted by Crippen LogP contribution is 2.12. The van der Waals surface area contributed by atoms with E-state index in [4.69, 9.17) is 0 Å². The number of sulfonamides is 1. The highest BCUT2D eigenvalue weighted by molar-refractivity contribution is 7.88. The number of hydrogen-bond donors (Lipinski definition) is 1. The second-order valence-electron chi connectivity index (χ2n) is 6.99.